The van der Waals surface area contributed by atoms with Crippen molar-refractivity contribution in [2.24, 2.45) is 12.8 Å². The monoisotopic (exact) mass is 470 g/mol. The van der Waals surface area contributed by atoms with E-state index in [9.17, 15) is 18.0 Å². The van der Waals surface area contributed by atoms with E-state index in [1.807, 2.05) is 0 Å². The number of nitrogens with one attached hydrogen (secondary N) is 1. The normalized spacial score (nSPS) is 12.8. The molecule has 0 aliphatic heterocycles. The molecule has 1 atom stereocenters. The van der Waals surface area contributed by atoms with Gasteiger partial charge >= 0.3 is 6.18 Å². The summed E-state index contributed by atoms with van der Waals surface area (Å²) in [6.07, 6.45) is -2.67. The van der Waals surface area contributed by atoms with Gasteiger partial charge in [0.05, 0.1) is 10.0 Å². The number of amides is 1. The molecular weight excluding hydrogens is 453 g/mol. The smallest absolute Gasteiger partial charge is 0.416 e. The topological polar surface area (TPSA) is 86.1 Å². The third kappa shape index (κ3) is 4.88. The molecule has 6 nitrogen and oxygen atoms in total. The number of halogens is 4. The number of nitrogens with two attached hydrogens (primary N) is 1. The fourth-order valence-electron chi connectivity index (χ4n) is 2.86. The summed E-state index contributed by atoms with van der Waals surface area (Å²) in [5, 5.41) is 6.77. The van der Waals surface area contributed by atoms with Crippen molar-refractivity contribution >= 4 is 21.8 Å². The number of hydrogen-bond acceptors (Lipinski definition) is 4. The van der Waals surface area contributed by atoms with Crippen LogP contribution in [0.1, 0.15) is 21.7 Å². The number of aryl methyl sites for hydroxylation is 1. The number of furan rings is 1. The average Bonchev–Trinajstić information content (AvgIpc) is 3.25. The molecule has 1 aromatic carbocycles. The molecule has 0 bridgehead atoms. The van der Waals surface area contributed by atoms with E-state index in [-0.39, 0.29) is 18.7 Å². The average molecular weight is 471 g/mol. The van der Waals surface area contributed by atoms with E-state index in [1.165, 1.54) is 12.1 Å². The Morgan fingerprint density at radius 2 is 2.10 bits per heavy atom. The van der Waals surface area contributed by atoms with E-state index >= 15 is 0 Å². The highest BCUT2D eigenvalue weighted by Crippen LogP contribution is 2.31. The molecule has 0 aliphatic rings. The first-order chi connectivity index (χ1) is 13.7. The van der Waals surface area contributed by atoms with Gasteiger partial charge in [-0.05, 0) is 40.0 Å². The number of aromatic nitrogens is 2. The van der Waals surface area contributed by atoms with Gasteiger partial charge in [-0.1, -0.05) is 18.2 Å². The third-order valence-corrected chi connectivity index (χ3v) is 4.91. The highest BCUT2D eigenvalue weighted by molar-refractivity contribution is 9.10. The number of carbonyl (C=O) groups is 1. The number of alkyl halides is 3. The molecule has 0 radical (unpaired) electrons. The summed E-state index contributed by atoms with van der Waals surface area (Å²) in [6.45, 7) is 0.0540. The van der Waals surface area contributed by atoms with Crippen LogP contribution in [0.2, 0.25) is 0 Å². The van der Waals surface area contributed by atoms with Gasteiger partial charge in [0.2, 0.25) is 0 Å². The van der Waals surface area contributed by atoms with Gasteiger partial charge in [0.25, 0.3) is 5.91 Å². The molecule has 0 unspecified atom stereocenters. The van der Waals surface area contributed by atoms with Crippen LogP contribution >= 0.6 is 15.9 Å². The summed E-state index contributed by atoms with van der Waals surface area (Å²) in [4.78, 5) is 12.6. The lowest BCUT2D eigenvalue weighted by Gasteiger charge is -2.17. The Hall–Kier alpha value is -2.59. The van der Waals surface area contributed by atoms with Crippen LogP contribution in [0.25, 0.3) is 11.5 Å². The summed E-state index contributed by atoms with van der Waals surface area (Å²) < 4.78 is 46.5. The minimum Gasteiger partial charge on any atom is -0.448 e. The van der Waals surface area contributed by atoms with Crippen LogP contribution in [0.5, 0.6) is 0 Å². The molecule has 154 valence electrons. The molecule has 29 heavy (non-hydrogen) atoms. The van der Waals surface area contributed by atoms with Crippen molar-refractivity contribution in [1.82, 2.24) is 15.1 Å². The van der Waals surface area contributed by atoms with Crippen LogP contribution in [0.15, 0.2) is 51.5 Å². The summed E-state index contributed by atoms with van der Waals surface area (Å²) in [5.41, 5.74) is 6.07. The fourth-order valence-corrected chi connectivity index (χ4v) is 3.35. The van der Waals surface area contributed by atoms with E-state index in [2.05, 4.69) is 26.3 Å². The van der Waals surface area contributed by atoms with Crippen LogP contribution in [0, 0.1) is 0 Å². The van der Waals surface area contributed by atoms with E-state index in [1.54, 1.807) is 30.1 Å². The van der Waals surface area contributed by atoms with E-state index < -0.39 is 23.7 Å². The molecule has 2 aromatic heterocycles. The van der Waals surface area contributed by atoms with Crippen LogP contribution in [0.3, 0.4) is 0 Å². The Morgan fingerprint density at radius 3 is 2.72 bits per heavy atom. The van der Waals surface area contributed by atoms with E-state index in [0.717, 1.165) is 12.1 Å². The van der Waals surface area contributed by atoms with Crippen molar-refractivity contribution < 1.29 is 22.4 Å². The van der Waals surface area contributed by atoms with Gasteiger partial charge in [0.1, 0.15) is 5.69 Å². The van der Waals surface area contributed by atoms with Gasteiger partial charge in [-0.3, -0.25) is 9.48 Å². The van der Waals surface area contributed by atoms with Gasteiger partial charge in [0, 0.05) is 31.9 Å². The summed E-state index contributed by atoms with van der Waals surface area (Å²) in [7, 11) is 1.74. The van der Waals surface area contributed by atoms with Gasteiger partial charge in [0.15, 0.2) is 11.5 Å². The molecule has 0 saturated carbocycles. The van der Waals surface area contributed by atoms with Gasteiger partial charge in [-0.2, -0.15) is 18.3 Å². The van der Waals surface area contributed by atoms with Crippen LogP contribution in [0.4, 0.5) is 13.2 Å². The number of carbonyl (C=O) groups excluding carboxylic acids is 1. The highest BCUT2D eigenvalue weighted by atomic mass is 79.9. The third-order valence-electron chi connectivity index (χ3n) is 4.32. The zero-order chi connectivity index (χ0) is 21.2. The second-order valence-corrected chi connectivity index (χ2v) is 7.29. The maximum atomic E-state index is 12.9. The lowest BCUT2D eigenvalue weighted by molar-refractivity contribution is -0.137. The van der Waals surface area contributed by atoms with Gasteiger partial charge < -0.3 is 15.5 Å². The molecule has 3 N–H and O–H groups in total. The van der Waals surface area contributed by atoms with Gasteiger partial charge in [-0.25, -0.2) is 0 Å². The molecule has 0 saturated heterocycles. The standard InChI is InChI=1S/C19H18BrF3N4O2/c1-27-15(5-6-25-27)17-14(20)9-16(29-17)18(28)26-13(10-24)8-11-3-2-4-12(7-11)19(21,22)23/h2-7,9,13H,8,10,24H2,1H3,(H,26,28)/t13-/m0/s1. The zero-order valence-corrected chi connectivity index (χ0v) is 16.9. The Labute approximate surface area is 173 Å². The Balaban J connectivity index is 1.73. The molecule has 3 rings (SSSR count). The fraction of sp³-hybridized carbons (Fsp3) is 0.263. The van der Waals surface area contributed by atoms with Gasteiger partial charge in [-0.15, -0.1) is 0 Å². The molecule has 0 aliphatic carbocycles. The Kier molecular flexibility index (Phi) is 6.13. The van der Waals surface area contributed by atoms with Crippen LogP contribution in [-0.4, -0.2) is 28.3 Å². The number of rotatable bonds is 6. The Morgan fingerprint density at radius 1 is 1.34 bits per heavy atom. The molecular formula is C19H18BrF3N4O2. The summed E-state index contributed by atoms with van der Waals surface area (Å²) in [6, 6.07) is 7.65. The van der Waals surface area contributed by atoms with Crippen LogP contribution in [-0.2, 0) is 19.6 Å². The maximum Gasteiger partial charge on any atom is 0.416 e. The zero-order valence-electron chi connectivity index (χ0n) is 15.3. The lowest BCUT2D eigenvalue weighted by atomic mass is 10.0. The van der Waals surface area contributed by atoms with Crippen LogP contribution < -0.4 is 11.1 Å². The molecule has 3 aromatic rings. The van der Waals surface area contributed by atoms with Crippen molar-refractivity contribution in [3.8, 4) is 11.5 Å². The molecule has 2 heterocycles. The first-order valence-electron chi connectivity index (χ1n) is 8.64. The predicted molar refractivity (Wildman–Crippen MR) is 104 cm³/mol. The molecule has 0 fully saturated rings. The largest absolute Gasteiger partial charge is 0.448 e. The highest BCUT2D eigenvalue weighted by Gasteiger charge is 2.30. The SMILES string of the molecule is Cn1nccc1-c1oc(C(=O)N[C@H](CN)Cc2cccc(C(F)(F)F)c2)cc1Br. The van der Waals surface area contributed by atoms with Crippen molar-refractivity contribution in [2.45, 2.75) is 18.6 Å². The van der Waals surface area contributed by atoms with Crippen molar-refractivity contribution in [3.05, 3.63) is 64.0 Å². The molecule has 10 heteroatoms. The minimum atomic E-state index is -4.43. The first kappa shape index (κ1) is 21.1. The lowest BCUT2D eigenvalue weighted by Crippen LogP contribution is -2.41. The van der Waals surface area contributed by atoms with Crippen molar-refractivity contribution in [3.63, 3.8) is 0 Å². The number of nitrogens with zero attached hydrogens (tertiary/aromatic N) is 2. The number of benzene rings is 1. The molecule has 1 amide bonds. The van der Waals surface area contributed by atoms with Crippen molar-refractivity contribution in [2.75, 3.05) is 6.54 Å². The quantitative estimate of drug-likeness (QED) is 0.574. The maximum absolute atomic E-state index is 12.9. The molecule has 0 spiro atoms. The summed E-state index contributed by atoms with van der Waals surface area (Å²) in [5.74, 6) is -0.0190. The van der Waals surface area contributed by atoms with Crippen molar-refractivity contribution in [1.29, 1.82) is 0 Å². The number of hydrogen-bond donors (Lipinski definition) is 2. The van der Waals surface area contributed by atoms with E-state index in [0.29, 0.717) is 21.5 Å². The predicted octanol–water partition coefficient (Wildman–Crippen LogP) is 3.76. The minimum absolute atomic E-state index is 0.0515. The first-order valence-corrected chi connectivity index (χ1v) is 9.43. The van der Waals surface area contributed by atoms with E-state index in [4.69, 9.17) is 10.2 Å². The summed E-state index contributed by atoms with van der Waals surface area (Å²) >= 11 is 3.36. The Bertz CT molecular complexity index is 1010. The second-order valence-electron chi connectivity index (χ2n) is 6.44. The second kappa shape index (κ2) is 8.42.